The second kappa shape index (κ2) is 9.38. The van der Waals surface area contributed by atoms with E-state index in [4.69, 9.17) is 16.3 Å². The molecule has 5 heteroatoms. The Morgan fingerprint density at radius 2 is 2.00 bits per heavy atom. The molecule has 122 valence electrons. The van der Waals surface area contributed by atoms with Crippen molar-refractivity contribution in [3.8, 4) is 5.75 Å². The van der Waals surface area contributed by atoms with Gasteiger partial charge in [0.25, 0.3) is 0 Å². The number of ketones is 1. The Bertz CT molecular complexity index is 649. The second-order valence-corrected chi connectivity index (χ2v) is 6.74. The number of hydrogen-bond acceptors (Lipinski definition) is 4. The van der Waals surface area contributed by atoms with Gasteiger partial charge in [-0.05, 0) is 42.8 Å². The van der Waals surface area contributed by atoms with E-state index in [-0.39, 0.29) is 5.78 Å². The molecule has 0 bridgehead atoms. The fourth-order valence-corrected chi connectivity index (χ4v) is 2.90. The standard InChI is InChI=1S/C18H20ClNO2S/c1-2-3-4-13-22-15-7-5-14(6-8-15)20-12-11-16(21)17-9-10-18(19)23-17/h5-12,20H,2-4,13H2,1H3/b12-11-. The Morgan fingerprint density at radius 1 is 1.22 bits per heavy atom. The first-order chi connectivity index (χ1) is 11.2. The molecule has 0 saturated heterocycles. The number of anilines is 1. The summed E-state index contributed by atoms with van der Waals surface area (Å²) in [6.45, 7) is 2.92. The molecule has 2 aromatic rings. The molecule has 23 heavy (non-hydrogen) atoms. The maximum absolute atomic E-state index is 11.9. The fraction of sp³-hybridized carbons (Fsp3) is 0.278. The smallest absolute Gasteiger partial charge is 0.197 e. The third kappa shape index (κ3) is 6.08. The molecule has 1 N–H and O–H groups in total. The number of unbranched alkanes of at least 4 members (excludes halogenated alkanes) is 2. The number of halogens is 1. The molecular weight excluding hydrogens is 330 g/mol. The van der Waals surface area contributed by atoms with Gasteiger partial charge in [-0.15, -0.1) is 11.3 Å². The minimum absolute atomic E-state index is 0.0646. The molecule has 0 fully saturated rings. The van der Waals surface area contributed by atoms with Crippen molar-refractivity contribution in [1.29, 1.82) is 0 Å². The van der Waals surface area contributed by atoms with Crippen LogP contribution >= 0.6 is 22.9 Å². The summed E-state index contributed by atoms with van der Waals surface area (Å²) in [5.41, 5.74) is 0.902. The molecule has 0 aliphatic heterocycles. The van der Waals surface area contributed by atoms with Crippen molar-refractivity contribution >= 4 is 34.4 Å². The van der Waals surface area contributed by atoms with Crippen molar-refractivity contribution < 1.29 is 9.53 Å². The number of benzene rings is 1. The molecule has 0 atom stereocenters. The van der Waals surface area contributed by atoms with Crippen LogP contribution in [0.4, 0.5) is 5.69 Å². The molecule has 1 aromatic carbocycles. The quantitative estimate of drug-likeness (QED) is 0.354. The predicted octanol–water partition coefficient (Wildman–Crippen LogP) is 5.78. The van der Waals surface area contributed by atoms with Crippen LogP contribution in [0.5, 0.6) is 5.75 Å². The highest BCUT2D eigenvalue weighted by molar-refractivity contribution is 7.18. The van der Waals surface area contributed by atoms with Crippen molar-refractivity contribution in [1.82, 2.24) is 0 Å². The molecule has 0 spiro atoms. The lowest BCUT2D eigenvalue weighted by atomic mass is 10.2. The molecule has 0 unspecified atom stereocenters. The van der Waals surface area contributed by atoms with E-state index in [2.05, 4.69) is 12.2 Å². The lowest BCUT2D eigenvalue weighted by molar-refractivity contribution is 0.105. The first kappa shape index (κ1) is 17.6. The summed E-state index contributed by atoms with van der Waals surface area (Å²) in [6.07, 6.45) is 6.58. The first-order valence-electron chi connectivity index (χ1n) is 7.64. The first-order valence-corrected chi connectivity index (χ1v) is 8.84. The summed E-state index contributed by atoms with van der Waals surface area (Å²) in [6, 6.07) is 11.1. The van der Waals surface area contributed by atoms with Gasteiger partial charge in [-0.2, -0.15) is 0 Å². The maximum Gasteiger partial charge on any atom is 0.197 e. The van der Waals surface area contributed by atoms with Gasteiger partial charge in [0.15, 0.2) is 5.78 Å². The number of ether oxygens (including phenoxy) is 1. The number of thiophene rings is 1. The average molecular weight is 350 g/mol. The van der Waals surface area contributed by atoms with Crippen LogP contribution in [-0.4, -0.2) is 12.4 Å². The second-order valence-electron chi connectivity index (χ2n) is 5.03. The van der Waals surface area contributed by atoms with Crippen molar-refractivity contribution in [2.75, 3.05) is 11.9 Å². The van der Waals surface area contributed by atoms with E-state index in [1.165, 1.54) is 30.3 Å². The van der Waals surface area contributed by atoms with Crippen LogP contribution in [0.15, 0.2) is 48.7 Å². The lowest BCUT2D eigenvalue weighted by Gasteiger charge is -2.06. The molecule has 1 heterocycles. The highest BCUT2D eigenvalue weighted by atomic mass is 35.5. The van der Waals surface area contributed by atoms with E-state index in [1.807, 2.05) is 24.3 Å². The van der Waals surface area contributed by atoms with Crippen LogP contribution in [0.2, 0.25) is 4.34 Å². The van der Waals surface area contributed by atoms with Crippen LogP contribution in [-0.2, 0) is 0 Å². The van der Waals surface area contributed by atoms with Crippen molar-refractivity contribution in [3.63, 3.8) is 0 Å². The van der Waals surface area contributed by atoms with Crippen LogP contribution in [0.3, 0.4) is 0 Å². The number of hydrogen-bond donors (Lipinski definition) is 1. The largest absolute Gasteiger partial charge is 0.494 e. The molecule has 0 saturated carbocycles. The van der Waals surface area contributed by atoms with Crippen LogP contribution < -0.4 is 10.1 Å². The molecule has 2 rings (SSSR count). The Labute approximate surface area is 145 Å². The maximum atomic E-state index is 11.9. The summed E-state index contributed by atoms with van der Waals surface area (Å²) in [7, 11) is 0. The predicted molar refractivity (Wildman–Crippen MR) is 97.9 cm³/mol. The van der Waals surface area contributed by atoms with E-state index in [0.717, 1.165) is 24.5 Å². The number of nitrogens with one attached hydrogen (secondary N) is 1. The molecule has 0 aliphatic carbocycles. The Kier molecular flexibility index (Phi) is 7.17. The van der Waals surface area contributed by atoms with Gasteiger partial charge in [-0.25, -0.2) is 0 Å². The summed E-state index contributed by atoms with van der Waals surface area (Å²) in [5.74, 6) is 0.796. The molecule has 3 nitrogen and oxygen atoms in total. The third-order valence-corrected chi connectivity index (χ3v) is 4.42. The van der Waals surface area contributed by atoms with E-state index in [1.54, 1.807) is 18.3 Å². The summed E-state index contributed by atoms with van der Waals surface area (Å²) >= 11 is 7.09. The van der Waals surface area contributed by atoms with E-state index in [9.17, 15) is 4.79 Å². The summed E-state index contributed by atoms with van der Waals surface area (Å²) < 4.78 is 6.27. The summed E-state index contributed by atoms with van der Waals surface area (Å²) in [4.78, 5) is 12.5. The van der Waals surface area contributed by atoms with Gasteiger partial charge in [-0.1, -0.05) is 31.4 Å². The topological polar surface area (TPSA) is 38.3 Å². The van der Waals surface area contributed by atoms with E-state index < -0.39 is 0 Å². The number of allylic oxidation sites excluding steroid dienone is 1. The Balaban J connectivity index is 1.79. The molecule has 0 radical (unpaired) electrons. The Morgan fingerprint density at radius 3 is 2.65 bits per heavy atom. The monoisotopic (exact) mass is 349 g/mol. The number of carbonyl (C=O) groups is 1. The number of carbonyl (C=O) groups excluding carboxylic acids is 1. The van der Waals surface area contributed by atoms with Gasteiger partial charge < -0.3 is 10.1 Å². The van der Waals surface area contributed by atoms with Gasteiger partial charge >= 0.3 is 0 Å². The normalized spacial score (nSPS) is 10.9. The zero-order valence-corrected chi connectivity index (χ0v) is 14.6. The zero-order valence-electron chi connectivity index (χ0n) is 13.0. The minimum Gasteiger partial charge on any atom is -0.494 e. The minimum atomic E-state index is -0.0646. The van der Waals surface area contributed by atoms with Crippen molar-refractivity contribution in [3.05, 3.63) is 57.9 Å². The molecule has 0 aliphatic rings. The van der Waals surface area contributed by atoms with Crippen LogP contribution in [0.1, 0.15) is 35.9 Å². The fourth-order valence-electron chi connectivity index (χ4n) is 1.93. The third-order valence-electron chi connectivity index (χ3n) is 3.17. The van der Waals surface area contributed by atoms with Gasteiger partial charge in [0, 0.05) is 18.0 Å². The lowest BCUT2D eigenvalue weighted by Crippen LogP contribution is -1.97. The van der Waals surface area contributed by atoms with Gasteiger partial charge in [-0.3, -0.25) is 4.79 Å². The highest BCUT2D eigenvalue weighted by Crippen LogP contribution is 2.22. The Hall–Kier alpha value is -1.78. The van der Waals surface area contributed by atoms with E-state index >= 15 is 0 Å². The molecule has 1 aromatic heterocycles. The van der Waals surface area contributed by atoms with E-state index in [0.29, 0.717) is 9.21 Å². The highest BCUT2D eigenvalue weighted by Gasteiger charge is 2.04. The average Bonchev–Trinajstić information content (AvgIpc) is 2.99. The van der Waals surface area contributed by atoms with Gasteiger partial charge in [0.2, 0.25) is 0 Å². The van der Waals surface area contributed by atoms with Crippen molar-refractivity contribution in [2.45, 2.75) is 26.2 Å². The SMILES string of the molecule is CCCCCOc1ccc(N/C=C\C(=O)c2ccc(Cl)s2)cc1. The van der Waals surface area contributed by atoms with Gasteiger partial charge in [0.05, 0.1) is 15.8 Å². The van der Waals surface area contributed by atoms with Gasteiger partial charge in [0.1, 0.15) is 5.75 Å². The molecule has 0 amide bonds. The van der Waals surface area contributed by atoms with Crippen molar-refractivity contribution in [2.24, 2.45) is 0 Å². The number of rotatable bonds is 9. The zero-order chi connectivity index (χ0) is 16.5. The molecular formula is C18H20ClNO2S. The van der Waals surface area contributed by atoms with Crippen LogP contribution in [0, 0.1) is 0 Å². The van der Waals surface area contributed by atoms with Crippen LogP contribution in [0.25, 0.3) is 0 Å². The summed E-state index contributed by atoms with van der Waals surface area (Å²) in [5, 5.41) is 3.07.